The molecule has 0 aliphatic carbocycles. The van der Waals surface area contributed by atoms with Gasteiger partial charge in [-0.2, -0.15) is 0 Å². The van der Waals surface area contributed by atoms with Gasteiger partial charge in [-0.25, -0.2) is 0 Å². The third kappa shape index (κ3) is 3.22. The first-order valence-corrected chi connectivity index (χ1v) is 4.86. The molecule has 0 unspecified atom stereocenters. The molecule has 1 aromatic rings. The summed E-state index contributed by atoms with van der Waals surface area (Å²) < 4.78 is 0.737. The molecule has 0 aromatic heterocycles. The van der Waals surface area contributed by atoms with Crippen LogP contribution in [0.15, 0.2) is 35.3 Å². The van der Waals surface area contributed by atoms with Gasteiger partial charge in [-0.1, -0.05) is 22.5 Å². The summed E-state index contributed by atoms with van der Waals surface area (Å²) >= 11 is 3.16. The van der Waals surface area contributed by atoms with Crippen LogP contribution in [0.1, 0.15) is 10.4 Å². The Morgan fingerprint density at radius 1 is 1.43 bits per heavy atom. The summed E-state index contributed by atoms with van der Waals surface area (Å²) in [6, 6.07) is 6.75. The Hall–Kier alpha value is -1.29. The van der Waals surface area contributed by atoms with Gasteiger partial charge in [-0.05, 0) is 24.3 Å². The van der Waals surface area contributed by atoms with Gasteiger partial charge >= 0.3 is 0 Å². The Balaban J connectivity index is 2.61. The average Bonchev–Trinajstić information content (AvgIpc) is 2.15. The van der Waals surface area contributed by atoms with Crippen molar-refractivity contribution in [3.63, 3.8) is 0 Å². The highest BCUT2D eigenvalue weighted by Gasteiger charge is 2.03. The number of nitrogens with one attached hydrogen (secondary N) is 1. The molecule has 1 amide bonds. The lowest BCUT2D eigenvalue weighted by Crippen LogP contribution is -2.24. The minimum Gasteiger partial charge on any atom is -0.399 e. The van der Waals surface area contributed by atoms with Crippen molar-refractivity contribution >= 4 is 27.5 Å². The van der Waals surface area contributed by atoms with Crippen LogP contribution in [0.25, 0.3) is 0 Å². The zero-order valence-electron chi connectivity index (χ0n) is 7.59. The second-order valence-corrected chi connectivity index (χ2v) is 3.94. The molecule has 0 aliphatic heterocycles. The van der Waals surface area contributed by atoms with E-state index in [1.807, 2.05) is 0 Å². The number of rotatable bonds is 3. The fourth-order valence-corrected chi connectivity index (χ4v) is 1.05. The van der Waals surface area contributed by atoms with Gasteiger partial charge in [0.25, 0.3) is 5.91 Å². The quantitative estimate of drug-likeness (QED) is 0.810. The lowest BCUT2D eigenvalue weighted by Gasteiger charge is -2.03. The van der Waals surface area contributed by atoms with E-state index >= 15 is 0 Å². The maximum Gasteiger partial charge on any atom is 0.251 e. The lowest BCUT2D eigenvalue weighted by atomic mass is 10.2. The topological polar surface area (TPSA) is 55.1 Å². The van der Waals surface area contributed by atoms with E-state index in [0.29, 0.717) is 17.8 Å². The zero-order chi connectivity index (χ0) is 10.6. The molecule has 14 heavy (non-hydrogen) atoms. The molecular formula is C10H11BrN2O. The molecule has 0 aliphatic rings. The minimum atomic E-state index is -0.134. The van der Waals surface area contributed by atoms with Crippen molar-refractivity contribution < 1.29 is 4.79 Å². The maximum atomic E-state index is 11.4. The Morgan fingerprint density at radius 2 is 2.00 bits per heavy atom. The molecule has 1 aromatic carbocycles. The van der Waals surface area contributed by atoms with Gasteiger partial charge < -0.3 is 11.1 Å². The van der Waals surface area contributed by atoms with Crippen LogP contribution in [0, 0.1) is 0 Å². The van der Waals surface area contributed by atoms with E-state index < -0.39 is 0 Å². The summed E-state index contributed by atoms with van der Waals surface area (Å²) in [5.41, 5.74) is 6.73. The summed E-state index contributed by atoms with van der Waals surface area (Å²) in [5, 5.41) is 2.69. The van der Waals surface area contributed by atoms with Gasteiger partial charge in [0.2, 0.25) is 0 Å². The zero-order valence-corrected chi connectivity index (χ0v) is 9.17. The van der Waals surface area contributed by atoms with Gasteiger partial charge in [0.15, 0.2) is 0 Å². The maximum absolute atomic E-state index is 11.4. The van der Waals surface area contributed by atoms with Crippen LogP contribution in [0.5, 0.6) is 0 Å². The molecule has 74 valence electrons. The Morgan fingerprint density at radius 3 is 2.50 bits per heavy atom. The third-order valence-corrected chi connectivity index (χ3v) is 1.89. The van der Waals surface area contributed by atoms with Crippen molar-refractivity contribution in [3.8, 4) is 0 Å². The highest BCUT2D eigenvalue weighted by molar-refractivity contribution is 9.11. The van der Waals surface area contributed by atoms with Gasteiger partial charge in [0.1, 0.15) is 0 Å². The number of nitrogen functional groups attached to an aromatic ring is 1. The molecule has 0 fully saturated rings. The molecule has 0 spiro atoms. The van der Waals surface area contributed by atoms with Crippen LogP contribution >= 0.6 is 15.9 Å². The summed E-state index contributed by atoms with van der Waals surface area (Å²) in [5.74, 6) is -0.134. The van der Waals surface area contributed by atoms with Crippen molar-refractivity contribution in [2.75, 3.05) is 12.3 Å². The molecule has 0 radical (unpaired) electrons. The van der Waals surface area contributed by atoms with Crippen LogP contribution in [0.2, 0.25) is 0 Å². The fourth-order valence-electron chi connectivity index (χ4n) is 0.913. The normalized spacial score (nSPS) is 9.50. The monoisotopic (exact) mass is 254 g/mol. The van der Waals surface area contributed by atoms with Gasteiger partial charge in [0, 0.05) is 22.3 Å². The number of carbonyl (C=O) groups excluding carboxylic acids is 1. The number of amides is 1. The SMILES string of the molecule is C=C(Br)CNC(=O)c1ccc(N)cc1. The number of anilines is 1. The highest BCUT2D eigenvalue weighted by Crippen LogP contribution is 2.05. The second-order valence-electron chi connectivity index (χ2n) is 2.82. The van der Waals surface area contributed by atoms with Crippen LogP contribution in [-0.4, -0.2) is 12.5 Å². The van der Waals surface area contributed by atoms with Gasteiger partial charge in [-0.3, -0.25) is 4.79 Å². The molecule has 3 N–H and O–H groups in total. The number of carbonyl (C=O) groups is 1. The van der Waals surface area contributed by atoms with Crippen LogP contribution in [0.4, 0.5) is 5.69 Å². The predicted molar refractivity (Wildman–Crippen MR) is 61.3 cm³/mol. The molecule has 4 heteroatoms. The van der Waals surface area contributed by atoms with E-state index in [1.165, 1.54) is 0 Å². The number of hydrogen-bond donors (Lipinski definition) is 2. The highest BCUT2D eigenvalue weighted by atomic mass is 79.9. The summed E-state index contributed by atoms with van der Waals surface area (Å²) in [7, 11) is 0. The van der Waals surface area contributed by atoms with E-state index in [9.17, 15) is 4.79 Å². The van der Waals surface area contributed by atoms with E-state index in [2.05, 4.69) is 27.8 Å². The van der Waals surface area contributed by atoms with Crippen molar-refractivity contribution in [2.45, 2.75) is 0 Å². The summed E-state index contributed by atoms with van der Waals surface area (Å²) in [4.78, 5) is 11.4. The summed E-state index contributed by atoms with van der Waals surface area (Å²) in [6.07, 6.45) is 0. The Labute approximate surface area is 91.1 Å². The molecule has 0 atom stereocenters. The van der Waals surface area contributed by atoms with Crippen LogP contribution in [-0.2, 0) is 0 Å². The first kappa shape index (κ1) is 10.8. The number of benzene rings is 1. The van der Waals surface area contributed by atoms with Crippen molar-refractivity contribution in [2.24, 2.45) is 0 Å². The smallest absolute Gasteiger partial charge is 0.251 e. The standard InChI is InChI=1S/C10H11BrN2O/c1-7(11)6-13-10(14)8-2-4-9(12)5-3-8/h2-5H,1,6,12H2,(H,13,14). The molecule has 3 nitrogen and oxygen atoms in total. The summed E-state index contributed by atoms with van der Waals surface area (Å²) in [6.45, 7) is 4.04. The molecular weight excluding hydrogens is 244 g/mol. The molecule has 0 saturated carbocycles. The predicted octanol–water partition coefficient (Wildman–Crippen LogP) is 1.91. The Kier molecular flexibility index (Phi) is 3.71. The van der Waals surface area contributed by atoms with Crippen LogP contribution < -0.4 is 11.1 Å². The van der Waals surface area contributed by atoms with E-state index in [-0.39, 0.29) is 5.91 Å². The average molecular weight is 255 g/mol. The second kappa shape index (κ2) is 4.81. The van der Waals surface area contributed by atoms with E-state index in [4.69, 9.17) is 5.73 Å². The lowest BCUT2D eigenvalue weighted by molar-refractivity contribution is 0.0958. The number of hydrogen-bond acceptors (Lipinski definition) is 2. The van der Waals surface area contributed by atoms with Gasteiger partial charge in [-0.15, -0.1) is 0 Å². The largest absolute Gasteiger partial charge is 0.399 e. The molecule has 0 heterocycles. The molecule has 0 bridgehead atoms. The van der Waals surface area contributed by atoms with E-state index in [1.54, 1.807) is 24.3 Å². The fraction of sp³-hybridized carbons (Fsp3) is 0.100. The van der Waals surface area contributed by atoms with Gasteiger partial charge in [0.05, 0.1) is 0 Å². The molecule has 1 rings (SSSR count). The number of nitrogens with two attached hydrogens (primary N) is 1. The van der Waals surface area contributed by atoms with Crippen LogP contribution in [0.3, 0.4) is 0 Å². The first-order chi connectivity index (χ1) is 6.59. The van der Waals surface area contributed by atoms with E-state index in [0.717, 1.165) is 4.48 Å². The molecule has 0 saturated heterocycles. The van der Waals surface area contributed by atoms with Crippen molar-refractivity contribution in [1.29, 1.82) is 0 Å². The Bertz CT molecular complexity index is 346. The first-order valence-electron chi connectivity index (χ1n) is 4.06. The minimum absolute atomic E-state index is 0.134. The number of halogens is 1. The van der Waals surface area contributed by atoms with Crippen molar-refractivity contribution in [3.05, 3.63) is 40.9 Å². The van der Waals surface area contributed by atoms with Crippen molar-refractivity contribution in [1.82, 2.24) is 5.32 Å². The third-order valence-electron chi connectivity index (χ3n) is 1.61.